The van der Waals surface area contributed by atoms with Gasteiger partial charge in [-0.05, 0) is 37.2 Å². The van der Waals surface area contributed by atoms with Crippen LogP contribution in [0.4, 0.5) is 26.3 Å². The van der Waals surface area contributed by atoms with Crippen LogP contribution < -0.4 is 5.73 Å². The molecule has 4 nitrogen and oxygen atoms in total. The highest BCUT2D eigenvalue weighted by molar-refractivity contribution is 5.26. The summed E-state index contributed by atoms with van der Waals surface area (Å²) in [6.45, 7) is 0.910. The molecule has 2 N–H and O–H groups in total. The first-order chi connectivity index (χ1) is 14.1. The Kier molecular flexibility index (Phi) is 5.65. The van der Waals surface area contributed by atoms with Gasteiger partial charge in [-0.3, -0.25) is 4.90 Å². The second-order valence-electron chi connectivity index (χ2n) is 8.27. The van der Waals surface area contributed by atoms with Crippen molar-refractivity contribution in [3.63, 3.8) is 0 Å². The van der Waals surface area contributed by atoms with Crippen LogP contribution in [0.1, 0.15) is 42.8 Å². The minimum absolute atomic E-state index is 0.0152. The van der Waals surface area contributed by atoms with E-state index in [9.17, 15) is 26.3 Å². The minimum Gasteiger partial charge on any atom is -0.327 e. The Morgan fingerprint density at radius 1 is 1.13 bits per heavy atom. The molecule has 0 aromatic carbocycles. The molecule has 30 heavy (non-hydrogen) atoms. The number of alkyl halides is 3. The summed E-state index contributed by atoms with van der Waals surface area (Å²) >= 11 is 0. The predicted octanol–water partition coefficient (Wildman–Crippen LogP) is 4.37. The first-order valence-electron chi connectivity index (χ1n) is 9.96. The molecule has 0 radical (unpaired) electrons. The van der Waals surface area contributed by atoms with E-state index in [-0.39, 0.29) is 24.9 Å². The molecule has 4 atom stereocenters. The lowest BCUT2D eigenvalue weighted by Gasteiger charge is -2.43. The summed E-state index contributed by atoms with van der Waals surface area (Å²) in [5, 5.41) is 0. The van der Waals surface area contributed by atoms with Crippen molar-refractivity contribution in [3.05, 3.63) is 46.8 Å². The van der Waals surface area contributed by atoms with Gasteiger partial charge in [-0.2, -0.15) is 13.2 Å². The number of aromatic nitrogens is 2. The standard InChI is InChI=1S/C20H22F6N4/c21-14-7-16(23)15(22)6-13(14)12-2-1-11(5-17(12)27)30-4-3-10-8-28-19(20(24,25)26)29-18(10)9-30/h7-8,11-13,17H,1-6,9,27H2/t11?,12-,13?,17?/m1/s1. The molecule has 3 aliphatic rings. The predicted molar refractivity (Wildman–Crippen MR) is 96.8 cm³/mol. The largest absolute Gasteiger partial charge is 0.451 e. The molecule has 0 bridgehead atoms. The fourth-order valence-corrected chi connectivity index (χ4v) is 4.86. The minimum atomic E-state index is -4.60. The summed E-state index contributed by atoms with van der Waals surface area (Å²) < 4.78 is 79.9. The van der Waals surface area contributed by atoms with Crippen molar-refractivity contribution in [1.29, 1.82) is 0 Å². The van der Waals surface area contributed by atoms with Gasteiger partial charge in [0, 0.05) is 49.8 Å². The number of rotatable bonds is 2. The lowest BCUT2D eigenvalue weighted by Crippen LogP contribution is -2.49. The number of hydrogen-bond acceptors (Lipinski definition) is 4. The van der Waals surface area contributed by atoms with Crippen molar-refractivity contribution in [3.8, 4) is 0 Å². The maximum absolute atomic E-state index is 14.2. The highest BCUT2D eigenvalue weighted by Gasteiger charge is 2.40. The van der Waals surface area contributed by atoms with Gasteiger partial charge in [-0.25, -0.2) is 23.1 Å². The van der Waals surface area contributed by atoms with Gasteiger partial charge in [0.25, 0.3) is 0 Å². The molecule has 2 heterocycles. The van der Waals surface area contributed by atoms with Crippen LogP contribution in [0.15, 0.2) is 29.8 Å². The molecule has 0 spiro atoms. The Bertz CT molecular complexity index is 881. The van der Waals surface area contributed by atoms with Gasteiger partial charge in [0.05, 0.1) is 5.69 Å². The van der Waals surface area contributed by atoms with Gasteiger partial charge >= 0.3 is 6.18 Å². The van der Waals surface area contributed by atoms with Crippen LogP contribution >= 0.6 is 0 Å². The van der Waals surface area contributed by atoms with Gasteiger partial charge in [0.15, 0.2) is 5.83 Å². The zero-order chi connectivity index (χ0) is 21.6. The number of hydrogen-bond donors (Lipinski definition) is 1. The summed E-state index contributed by atoms with van der Waals surface area (Å²) in [4.78, 5) is 9.19. The van der Waals surface area contributed by atoms with E-state index in [0.717, 1.165) is 0 Å². The van der Waals surface area contributed by atoms with E-state index in [1.807, 2.05) is 0 Å². The van der Waals surface area contributed by atoms with E-state index < -0.39 is 41.4 Å². The Hall–Kier alpha value is -1.94. The topological polar surface area (TPSA) is 55.0 Å². The van der Waals surface area contributed by atoms with E-state index in [0.29, 0.717) is 49.6 Å². The number of nitrogens with zero attached hydrogens (tertiary/aromatic N) is 3. The first-order valence-corrected chi connectivity index (χ1v) is 9.96. The van der Waals surface area contributed by atoms with Crippen molar-refractivity contribution in [2.24, 2.45) is 17.6 Å². The van der Waals surface area contributed by atoms with Crippen molar-refractivity contribution in [2.45, 2.75) is 56.9 Å². The van der Waals surface area contributed by atoms with Gasteiger partial charge in [-0.1, -0.05) is 0 Å². The first kappa shape index (κ1) is 21.3. The average molecular weight is 432 g/mol. The van der Waals surface area contributed by atoms with E-state index in [1.165, 1.54) is 6.20 Å². The van der Waals surface area contributed by atoms with Gasteiger partial charge < -0.3 is 5.73 Å². The molecule has 1 aromatic rings. The van der Waals surface area contributed by atoms with Crippen molar-refractivity contribution >= 4 is 0 Å². The van der Waals surface area contributed by atoms with Gasteiger partial charge in [0.2, 0.25) is 5.82 Å². The number of fused-ring (bicyclic) bond motifs is 1. The van der Waals surface area contributed by atoms with Gasteiger partial charge in [-0.15, -0.1) is 0 Å². The summed E-state index contributed by atoms with van der Waals surface area (Å²) in [6, 6.07) is -0.402. The monoisotopic (exact) mass is 432 g/mol. The van der Waals surface area contributed by atoms with E-state index in [1.54, 1.807) is 0 Å². The van der Waals surface area contributed by atoms with Crippen molar-refractivity contribution < 1.29 is 26.3 Å². The SMILES string of the molecule is NC1CC(N2CCc3cnc(C(F)(F)F)nc3C2)CC[C@@H]1C1CC(F)=C(F)C=C1F. The molecule has 4 rings (SSSR count). The number of allylic oxidation sites excluding steroid dienone is 4. The fourth-order valence-electron chi connectivity index (χ4n) is 4.86. The normalized spacial score (nSPS) is 30.8. The van der Waals surface area contributed by atoms with Crippen molar-refractivity contribution in [2.75, 3.05) is 6.54 Å². The highest BCUT2D eigenvalue weighted by atomic mass is 19.4. The van der Waals surface area contributed by atoms with Crippen LogP contribution in [0.5, 0.6) is 0 Å². The molecule has 3 unspecified atom stereocenters. The Morgan fingerprint density at radius 2 is 1.90 bits per heavy atom. The van der Waals surface area contributed by atoms with E-state index in [4.69, 9.17) is 5.73 Å². The highest BCUT2D eigenvalue weighted by Crippen LogP contribution is 2.42. The Morgan fingerprint density at radius 3 is 2.60 bits per heavy atom. The quantitative estimate of drug-likeness (QED) is 0.705. The molecule has 0 saturated heterocycles. The number of halogens is 6. The molecule has 1 saturated carbocycles. The van der Waals surface area contributed by atoms with Crippen LogP contribution in [0.2, 0.25) is 0 Å². The van der Waals surface area contributed by atoms with Crippen molar-refractivity contribution in [1.82, 2.24) is 14.9 Å². The van der Waals surface area contributed by atoms with Crippen LogP contribution in [0.3, 0.4) is 0 Å². The smallest absolute Gasteiger partial charge is 0.327 e. The summed E-state index contributed by atoms with van der Waals surface area (Å²) in [7, 11) is 0. The molecule has 1 fully saturated rings. The second kappa shape index (κ2) is 7.96. The summed E-state index contributed by atoms with van der Waals surface area (Å²) in [5.74, 6) is -5.04. The van der Waals surface area contributed by atoms with Crippen LogP contribution in [-0.4, -0.2) is 33.5 Å². The zero-order valence-electron chi connectivity index (χ0n) is 16.1. The third-order valence-electron chi connectivity index (χ3n) is 6.47. The molecule has 10 heteroatoms. The van der Waals surface area contributed by atoms with Crippen LogP contribution in [0, 0.1) is 11.8 Å². The third-order valence-corrected chi connectivity index (χ3v) is 6.47. The summed E-state index contributed by atoms with van der Waals surface area (Å²) in [5.41, 5.74) is 7.37. The molecule has 164 valence electrons. The third kappa shape index (κ3) is 4.12. The molecule has 0 amide bonds. The molecule has 2 aliphatic carbocycles. The molecule has 1 aromatic heterocycles. The van der Waals surface area contributed by atoms with E-state index in [2.05, 4.69) is 14.9 Å². The molecular weight excluding hydrogens is 410 g/mol. The number of nitrogens with two attached hydrogens (primary N) is 1. The lowest BCUT2D eigenvalue weighted by atomic mass is 9.72. The molecular formula is C20H22F6N4. The lowest BCUT2D eigenvalue weighted by molar-refractivity contribution is -0.145. The Labute approximate surface area is 169 Å². The van der Waals surface area contributed by atoms with Crippen LogP contribution in [0.25, 0.3) is 0 Å². The summed E-state index contributed by atoms with van der Waals surface area (Å²) in [6.07, 6.45) is -0.848. The average Bonchev–Trinajstić information content (AvgIpc) is 2.69. The fraction of sp³-hybridized carbons (Fsp3) is 0.600. The second-order valence-corrected chi connectivity index (χ2v) is 8.27. The Balaban J connectivity index is 1.43. The van der Waals surface area contributed by atoms with Gasteiger partial charge in [0.1, 0.15) is 11.7 Å². The zero-order valence-corrected chi connectivity index (χ0v) is 16.1. The maximum atomic E-state index is 14.2. The van der Waals surface area contributed by atoms with E-state index >= 15 is 0 Å². The van der Waals surface area contributed by atoms with Crippen LogP contribution in [-0.2, 0) is 19.1 Å². The maximum Gasteiger partial charge on any atom is 0.451 e. The molecule has 1 aliphatic heterocycles.